The molecule has 10 heteroatoms. The number of hydrogen-bond donors (Lipinski definition) is 0. The average molecular weight is 525 g/mol. The van der Waals surface area contributed by atoms with Gasteiger partial charge in [-0.3, -0.25) is 14.5 Å². The zero-order valence-electron chi connectivity index (χ0n) is 19.7. The van der Waals surface area contributed by atoms with Gasteiger partial charge in [0.15, 0.2) is 10.6 Å². The van der Waals surface area contributed by atoms with Crippen LogP contribution in [0.15, 0.2) is 51.7 Å². The molecule has 1 atom stereocenters. The zero-order valence-corrected chi connectivity index (χ0v) is 21.2. The van der Waals surface area contributed by atoms with E-state index in [9.17, 15) is 14.4 Å². The fourth-order valence-electron chi connectivity index (χ4n) is 4.22. The lowest BCUT2D eigenvalue weighted by Gasteiger charge is -2.23. The SMILES string of the molecule is CCCOc1cccc(C2c3c(oc4ccc(Cl)cc4c3=O)C(=O)N2c2nc(C)c(C(=O)OC)s2)c1. The van der Waals surface area contributed by atoms with Crippen LogP contribution in [0.4, 0.5) is 5.13 Å². The first-order valence-electron chi connectivity index (χ1n) is 11.2. The molecule has 1 aliphatic rings. The molecule has 0 radical (unpaired) electrons. The smallest absolute Gasteiger partial charge is 0.350 e. The molecule has 0 N–H and O–H groups in total. The Morgan fingerprint density at radius 2 is 2.03 bits per heavy atom. The molecule has 4 aromatic rings. The number of aryl methyl sites for hydroxylation is 1. The Kier molecular flexibility index (Phi) is 6.27. The molecule has 2 aromatic heterocycles. The number of methoxy groups -OCH3 is 1. The second-order valence-corrected chi connectivity index (χ2v) is 9.63. The summed E-state index contributed by atoms with van der Waals surface area (Å²) in [5.41, 5.74) is 1.12. The number of esters is 1. The molecule has 36 heavy (non-hydrogen) atoms. The molecule has 1 unspecified atom stereocenters. The van der Waals surface area contributed by atoms with Gasteiger partial charge in [-0.05, 0) is 49.2 Å². The number of carbonyl (C=O) groups is 2. The van der Waals surface area contributed by atoms with Crippen LogP contribution in [-0.2, 0) is 4.74 Å². The molecule has 0 fully saturated rings. The van der Waals surface area contributed by atoms with Gasteiger partial charge in [-0.15, -0.1) is 0 Å². The Balaban J connectivity index is 1.75. The van der Waals surface area contributed by atoms with Gasteiger partial charge in [0.2, 0.25) is 5.76 Å². The first-order valence-corrected chi connectivity index (χ1v) is 12.4. The highest BCUT2D eigenvalue weighted by molar-refractivity contribution is 7.17. The molecule has 184 valence electrons. The summed E-state index contributed by atoms with van der Waals surface area (Å²) in [6.45, 7) is 4.18. The number of ether oxygens (including phenoxy) is 2. The number of carbonyl (C=O) groups excluding carboxylic acids is 2. The third kappa shape index (κ3) is 3.94. The van der Waals surface area contributed by atoms with E-state index in [1.807, 2.05) is 19.1 Å². The molecule has 1 amide bonds. The molecule has 0 spiro atoms. The highest BCUT2D eigenvalue weighted by Gasteiger charge is 2.45. The molecule has 1 aliphatic heterocycles. The van der Waals surface area contributed by atoms with E-state index in [1.165, 1.54) is 18.1 Å². The van der Waals surface area contributed by atoms with Gasteiger partial charge in [0.25, 0.3) is 5.91 Å². The number of amides is 1. The summed E-state index contributed by atoms with van der Waals surface area (Å²) >= 11 is 7.17. The highest BCUT2D eigenvalue weighted by atomic mass is 35.5. The fourth-order valence-corrected chi connectivity index (χ4v) is 5.40. The third-order valence-corrected chi connectivity index (χ3v) is 7.21. The normalized spacial score (nSPS) is 14.8. The van der Waals surface area contributed by atoms with Crippen LogP contribution in [-0.4, -0.2) is 30.6 Å². The topological polar surface area (TPSA) is 98.9 Å². The number of nitrogens with zero attached hydrogens (tertiary/aromatic N) is 2. The van der Waals surface area contributed by atoms with E-state index in [1.54, 1.807) is 31.2 Å². The number of halogens is 1. The van der Waals surface area contributed by atoms with Crippen LogP contribution < -0.4 is 15.1 Å². The van der Waals surface area contributed by atoms with Crippen LogP contribution >= 0.6 is 22.9 Å². The van der Waals surface area contributed by atoms with Crippen LogP contribution in [0.1, 0.15) is 56.4 Å². The van der Waals surface area contributed by atoms with Crippen molar-refractivity contribution in [3.05, 3.63) is 85.2 Å². The summed E-state index contributed by atoms with van der Waals surface area (Å²) in [6.07, 6.45) is 0.826. The predicted molar refractivity (Wildman–Crippen MR) is 137 cm³/mol. The van der Waals surface area contributed by atoms with E-state index >= 15 is 0 Å². The van der Waals surface area contributed by atoms with E-state index in [0.717, 1.165) is 17.8 Å². The maximum absolute atomic E-state index is 13.7. The van der Waals surface area contributed by atoms with Gasteiger partial charge in [-0.2, -0.15) is 0 Å². The lowest BCUT2D eigenvalue weighted by atomic mass is 9.98. The van der Waals surface area contributed by atoms with Crippen LogP contribution in [0, 0.1) is 6.92 Å². The van der Waals surface area contributed by atoms with Crippen molar-refractivity contribution in [2.24, 2.45) is 0 Å². The summed E-state index contributed by atoms with van der Waals surface area (Å²) < 4.78 is 16.6. The third-order valence-electron chi connectivity index (χ3n) is 5.84. The van der Waals surface area contributed by atoms with E-state index in [2.05, 4.69) is 4.98 Å². The second kappa shape index (κ2) is 9.40. The predicted octanol–water partition coefficient (Wildman–Crippen LogP) is 5.54. The molecular formula is C26H21ClN2O6S. The molecular weight excluding hydrogens is 504 g/mol. The van der Waals surface area contributed by atoms with E-state index in [0.29, 0.717) is 28.6 Å². The first kappa shape index (κ1) is 24.0. The van der Waals surface area contributed by atoms with E-state index < -0.39 is 17.9 Å². The van der Waals surface area contributed by atoms with Gasteiger partial charge < -0.3 is 13.9 Å². The van der Waals surface area contributed by atoms with Crippen molar-refractivity contribution >= 4 is 50.9 Å². The Morgan fingerprint density at radius 1 is 1.22 bits per heavy atom. The minimum Gasteiger partial charge on any atom is -0.494 e. The summed E-state index contributed by atoms with van der Waals surface area (Å²) in [4.78, 5) is 45.9. The number of rotatable bonds is 6. The first-order chi connectivity index (χ1) is 17.3. The molecule has 0 saturated heterocycles. The number of thiazole rings is 1. The summed E-state index contributed by atoms with van der Waals surface area (Å²) in [7, 11) is 1.28. The fraction of sp³-hybridized carbons (Fsp3) is 0.231. The van der Waals surface area contributed by atoms with Crippen LogP contribution in [0.25, 0.3) is 11.0 Å². The van der Waals surface area contributed by atoms with Gasteiger partial charge in [0.05, 0.1) is 36.4 Å². The number of fused-ring (bicyclic) bond motifs is 2. The van der Waals surface area contributed by atoms with Crippen molar-refractivity contribution in [1.82, 2.24) is 4.98 Å². The number of anilines is 1. The van der Waals surface area contributed by atoms with Crippen molar-refractivity contribution in [2.75, 3.05) is 18.6 Å². The standard InChI is InChI=1S/C26H21ClN2O6S/c1-4-10-34-16-7-5-6-14(11-16)20-19-21(30)17-12-15(27)8-9-18(17)35-22(19)24(31)29(20)26-28-13(2)23(36-26)25(32)33-3/h5-9,11-12,20H,4,10H2,1-3H3. The number of hydrogen-bond acceptors (Lipinski definition) is 8. The van der Waals surface area contributed by atoms with Gasteiger partial charge >= 0.3 is 5.97 Å². The maximum Gasteiger partial charge on any atom is 0.350 e. The van der Waals surface area contributed by atoms with E-state index in [-0.39, 0.29) is 37.7 Å². The Morgan fingerprint density at radius 3 is 2.78 bits per heavy atom. The van der Waals surface area contributed by atoms with Crippen molar-refractivity contribution in [2.45, 2.75) is 26.3 Å². The van der Waals surface area contributed by atoms with Gasteiger partial charge in [-0.1, -0.05) is 42.0 Å². The molecule has 8 nitrogen and oxygen atoms in total. The minimum atomic E-state index is -0.853. The molecule has 3 heterocycles. The molecule has 0 bridgehead atoms. The molecule has 0 aliphatic carbocycles. The summed E-state index contributed by atoms with van der Waals surface area (Å²) in [6, 6.07) is 11.0. The van der Waals surface area contributed by atoms with Gasteiger partial charge in [0.1, 0.15) is 16.2 Å². The maximum atomic E-state index is 13.7. The largest absolute Gasteiger partial charge is 0.494 e. The monoisotopic (exact) mass is 524 g/mol. The molecule has 2 aromatic carbocycles. The summed E-state index contributed by atoms with van der Waals surface area (Å²) in [5, 5.41) is 0.890. The second-order valence-electron chi connectivity index (χ2n) is 8.22. The van der Waals surface area contributed by atoms with Crippen molar-refractivity contribution < 1.29 is 23.5 Å². The van der Waals surface area contributed by atoms with Crippen molar-refractivity contribution in [1.29, 1.82) is 0 Å². The van der Waals surface area contributed by atoms with Crippen LogP contribution in [0.5, 0.6) is 5.75 Å². The lowest BCUT2D eigenvalue weighted by molar-refractivity contribution is 0.0605. The minimum absolute atomic E-state index is 0.0767. The van der Waals surface area contributed by atoms with Crippen molar-refractivity contribution in [3.63, 3.8) is 0 Å². The summed E-state index contributed by atoms with van der Waals surface area (Å²) in [5.74, 6) is -0.559. The average Bonchev–Trinajstić information content (AvgIpc) is 3.40. The van der Waals surface area contributed by atoms with Crippen LogP contribution in [0.2, 0.25) is 5.02 Å². The number of benzene rings is 2. The Hall–Kier alpha value is -3.69. The molecule has 0 saturated carbocycles. The Labute approximate surface area is 215 Å². The van der Waals surface area contributed by atoms with Crippen LogP contribution in [0.3, 0.4) is 0 Å². The lowest BCUT2D eigenvalue weighted by Crippen LogP contribution is -2.29. The number of aromatic nitrogens is 1. The quantitative estimate of drug-likeness (QED) is 0.305. The van der Waals surface area contributed by atoms with Crippen molar-refractivity contribution in [3.8, 4) is 5.75 Å². The highest BCUT2D eigenvalue weighted by Crippen LogP contribution is 2.43. The van der Waals surface area contributed by atoms with Gasteiger partial charge in [-0.25, -0.2) is 9.78 Å². The zero-order chi connectivity index (χ0) is 25.6. The van der Waals surface area contributed by atoms with Gasteiger partial charge in [0, 0.05) is 5.02 Å². The Bertz CT molecular complexity index is 1580. The van der Waals surface area contributed by atoms with E-state index in [4.69, 9.17) is 25.5 Å². The molecule has 5 rings (SSSR count).